The van der Waals surface area contributed by atoms with Crippen LogP contribution in [0.1, 0.15) is 17.0 Å². The zero-order valence-electron chi connectivity index (χ0n) is 16.8. The van der Waals surface area contributed by atoms with Gasteiger partial charge in [-0.25, -0.2) is 0 Å². The van der Waals surface area contributed by atoms with Gasteiger partial charge in [-0.15, -0.1) is 0 Å². The topological polar surface area (TPSA) is 99.5 Å². The molecule has 9 heteroatoms. The molecular formula is C22H17Br2N3O4. The summed E-state index contributed by atoms with van der Waals surface area (Å²) >= 11 is 6.96. The Hall–Kier alpha value is -2.96. The highest BCUT2D eigenvalue weighted by Gasteiger charge is 2.36. The van der Waals surface area contributed by atoms with E-state index in [-0.39, 0.29) is 17.0 Å². The van der Waals surface area contributed by atoms with Crippen molar-refractivity contribution in [1.82, 2.24) is 4.57 Å². The van der Waals surface area contributed by atoms with E-state index < -0.39 is 5.92 Å². The molecule has 0 unspecified atom stereocenters. The van der Waals surface area contributed by atoms with Gasteiger partial charge in [0.05, 0.1) is 35.7 Å². The van der Waals surface area contributed by atoms with Crippen molar-refractivity contribution in [3.05, 3.63) is 72.2 Å². The number of hydrogen-bond donors (Lipinski definition) is 1. The Bertz CT molecular complexity index is 1370. The lowest BCUT2D eigenvalue weighted by Gasteiger charge is -2.28. The van der Waals surface area contributed by atoms with E-state index in [2.05, 4.69) is 37.9 Å². The molecule has 3 aromatic rings. The van der Waals surface area contributed by atoms with Crippen molar-refractivity contribution < 1.29 is 14.2 Å². The number of benzene rings is 2. The zero-order valence-corrected chi connectivity index (χ0v) is 20.0. The van der Waals surface area contributed by atoms with Gasteiger partial charge in [0.25, 0.3) is 5.56 Å². The van der Waals surface area contributed by atoms with Crippen molar-refractivity contribution in [2.24, 2.45) is 12.8 Å². The monoisotopic (exact) mass is 545 g/mol. The molecule has 0 bridgehead atoms. The summed E-state index contributed by atoms with van der Waals surface area (Å²) in [4.78, 5) is 13.5. The predicted octanol–water partition coefficient (Wildman–Crippen LogP) is 4.30. The lowest BCUT2D eigenvalue weighted by Crippen LogP contribution is -2.31. The van der Waals surface area contributed by atoms with E-state index in [0.717, 1.165) is 4.47 Å². The fraction of sp³-hybridized carbons (Fsp3) is 0.182. The highest BCUT2D eigenvalue weighted by Crippen LogP contribution is 2.47. The maximum atomic E-state index is 13.5. The van der Waals surface area contributed by atoms with Gasteiger partial charge in [0.2, 0.25) is 5.88 Å². The number of ether oxygens (including phenoxy) is 3. The standard InChI is InChI=1S/C22H17Br2N3O4/c1-27-15-5-4-11(23)8-12(15)19-18(22(27)28)17(13(9-25)21(26)31-19)10-6-14(24)20(30-3)16(7-10)29-2/h4-8,17H,26H2,1-3H3/t17-/m0/s1. The van der Waals surface area contributed by atoms with E-state index in [9.17, 15) is 10.1 Å². The average molecular weight is 547 g/mol. The van der Waals surface area contributed by atoms with Crippen LogP contribution in [0.25, 0.3) is 10.9 Å². The van der Waals surface area contributed by atoms with Crippen molar-refractivity contribution in [3.8, 4) is 23.3 Å². The molecule has 7 nitrogen and oxygen atoms in total. The minimum atomic E-state index is -0.744. The molecule has 158 valence electrons. The average Bonchev–Trinajstić information content (AvgIpc) is 2.75. The molecule has 0 radical (unpaired) electrons. The highest BCUT2D eigenvalue weighted by atomic mass is 79.9. The first-order valence-corrected chi connectivity index (χ1v) is 10.7. The Morgan fingerprint density at radius 1 is 1.19 bits per heavy atom. The molecule has 2 N–H and O–H groups in total. The smallest absolute Gasteiger partial charge is 0.258 e. The van der Waals surface area contributed by atoms with Gasteiger partial charge in [-0.2, -0.15) is 5.26 Å². The lowest BCUT2D eigenvalue weighted by atomic mass is 9.83. The number of hydrogen-bond acceptors (Lipinski definition) is 6. The summed E-state index contributed by atoms with van der Waals surface area (Å²) < 4.78 is 19.7. The second kappa shape index (κ2) is 7.94. The number of methoxy groups -OCH3 is 2. The summed E-state index contributed by atoms with van der Waals surface area (Å²) in [6.07, 6.45) is 0. The van der Waals surface area contributed by atoms with Crippen LogP contribution >= 0.6 is 31.9 Å². The third-order valence-corrected chi connectivity index (χ3v) is 6.39. The molecule has 2 heterocycles. The van der Waals surface area contributed by atoms with Crippen molar-refractivity contribution in [3.63, 3.8) is 0 Å². The first kappa shape index (κ1) is 21.3. The highest BCUT2D eigenvalue weighted by molar-refractivity contribution is 9.10. The minimum Gasteiger partial charge on any atom is -0.493 e. The molecule has 0 aliphatic carbocycles. The number of rotatable bonds is 3. The SMILES string of the molecule is COc1cc([C@H]2C(C#N)=C(N)Oc3c2c(=O)n(C)c2ccc(Br)cc32)cc(Br)c1OC. The van der Waals surface area contributed by atoms with Crippen LogP contribution in [0.5, 0.6) is 17.2 Å². The normalized spacial score (nSPS) is 15.3. The van der Waals surface area contributed by atoms with E-state index in [1.165, 1.54) is 14.2 Å². The summed E-state index contributed by atoms with van der Waals surface area (Å²) in [6, 6.07) is 11.2. The van der Waals surface area contributed by atoms with E-state index in [1.54, 1.807) is 23.7 Å². The van der Waals surface area contributed by atoms with Crippen LogP contribution in [0.15, 0.2) is 55.5 Å². The van der Waals surface area contributed by atoms with Crippen LogP contribution in [-0.2, 0) is 7.05 Å². The fourth-order valence-corrected chi connectivity index (χ4v) is 4.87. The van der Waals surface area contributed by atoms with Crippen LogP contribution < -0.4 is 25.5 Å². The number of nitrogens with zero attached hydrogens (tertiary/aromatic N) is 2. The van der Waals surface area contributed by atoms with E-state index in [1.807, 2.05) is 18.2 Å². The lowest BCUT2D eigenvalue weighted by molar-refractivity contribution is 0.352. The largest absolute Gasteiger partial charge is 0.493 e. The zero-order chi connectivity index (χ0) is 22.4. The molecule has 1 atom stereocenters. The Morgan fingerprint density at radius 3 is 2.58 bits per heavy atom. The van der Waals surface area contributed by atoms with Gasteiger partial charge < -0.3 is 24.5 Å². The van der Waals surface area contributed by atoms with Gasteiger partial charge in [0.1, 0.15) is 17.4 Å². The van der Waals surface area contributed by atoms with Gasteiger partial charge in [-0.05, 0) is 51.8 Å². The van der Waals surface area contributed by atoms with Crippen molar-refractivity contribution in [2.45, 2.75) is 5.92 Å². The summed E-state index contributed by atoms with van der Waals surface area (Å²) in [5.74, 6) is 0.514. The number of aromatic nitrogens is 1. The minimum absolute atomic E-state index is 0.0413. The summed E-state index contributed by atoms with van der Waals surface area (Å²) in [6.45, 7) is 0. The quantitative estimate of drug-likeness (QED) is 0.526. The van der Waals surface area contributed by atoms with E-state index >= 15 is 0 Å². The Morgan fingerprint density at radius 2 is 1.94 bits per heavy atom. The Kier molecular flexibility index (Phi) is 5.45. The molecule has 0 fully saturated rings. The van der Waals surface area contributed by atoms with Crippen LogP contribution in [-0.4, -0.2) is 18.8 Å². The molecule has 1 aliphatic rings. The van der Waals surface area contributed by atoms with Crippen LogP contribution in [0.3, 0.4) is 0 Å². The fourth-order valence-electron chi connectivity index (χ4n) is 3.89. The number of pyridine rings is 1. The van der Waals surface area contributed by atoms with Crippen LogP contribution in [0.2, 0.25) is 0 Å². The van der Waals surface area contributed by atoms with Gasteiger partial charge in [0, 0.05) is 16.9 Å². The number of allylic oxidation sites excluding steroid dienone is 1. The predicted molar refractivity (Wildman–Crippen MR) is 123 cm³/mol. The Balaban J connectivity index is 2.12. The molecule has 1 aromatic heterocycles. The molecule has 31 heavy (non-hydrogen) atoms. The summed E-state index contributed by atoms with van der Waals surface area (Å²) in [7, 11) is 4.74. The maximum Gasteiger partial charge on any atom is 0.258 e. The van der Waals surface area contributed by atoms with Crippen molar-refractivity contribution >= 4 is 42.8 Å². The molecule has 0 saturated carbocycles. The summed E-state index contributed by atoms with van der Waals surface area (Å²) in [5.41, 5.74) is 7.69. The number of nitriles is 1. The molecule has 0 spiro atoms. The number of halogens is 2. The molecule has 4 rings (SSSR count). The van der Waals surface area contributed by atoms with Crippen molar-refractivity contribution in [2.75, 3.05) is 14.2 Å². The van der Waals surface area contributed by atoms with Crippen LogP contribution in [0.4, 0.5) is 0 Å². The second-order valence-electron chi connectivity index (χ2n) is 6.93. The number of aryl methyl sites for hydroxylation is 1. The third kappa shape index (κ3) is 3.27. The Labute approximate surface area is 194 Å². The molecule has 2 aromatic carbocycles. The second-order valence-corrected chi connectivity index (χ2v) is 8.70. The van der Waals surface area contributed by atoms with E-state index in [4.69, 9.17) is 19.9 Å². The first-order chi connectivity index (χ1) is 14.8. The van der Waals surface area contributed by atoms with Crippen molar-refractivity contribution in [1.29, 1.82) is 5.26 Å². The number of fused-ring (bicyclic) bond motifs is 3. The van der Waals surface area contributed by atoms with Crippen LogP contribution in [0, 0.1) is 11.3 Å². The molecular weight excluding hydrogens is 530 g/mol. The maximum absolute atomic E-state index is 13.5. The van der Waals surface area contributed by atoms with Gasteiger partial charge in [0.15, 0.2) is 11.5 Å². The van der Waals surface area contributed by atoms with Gasteiger partial charge >= 0.3 is 0 Å². The summed E-state index contributed by atoms with van der Waals surface area (Å²) in [5, 5.41) is 10.6. The molecule has 0 amide bonds. The first-order valence-electron chi connectivity index (χ1n) is 9.13. The molecule has 1 aliphatic heterocycles. The number of nitrogens with two attached hydrogens (primary N) is 1. The van der Waals surface area contributed by atoms with Gasteiger partial charge in [-0.3, -0.25) is 4.79 Å². The van der Waals surface area contributed by atoms with Gasteiger partial charge in [-0.1, -0.05) is 15.9 Å². The molecule has 0 saturated heterocycles. The third-order valence-electron chi connectivity index (χ3n) is 5.31. The van der Waals surface area contributed by atoms with E-state index in [0.29, 0.717) is 43.8 Å².